The number of piperidine rings is 1. The number of anilines is 1. The van der Waals surface area contributed by atoms with Crippen molar-refractivity contribution < 1.29 is 4.79 Å². The van der Waals surface area contributed by atoms with E-state index < -0.39 is 5.25 Å². The van der Waals surface area contributed by atoms with Crippen LogP contribution in [0.3, 0.4) is 0 Å². The number of carbonyl (C=O) groups is 1. The van der Waals surface area contributed by atoms with E-state index in [1.54, 1.807) is 0 Å². The van der Waals surface area contributed by atoms with Crippen molar-refractivity contribution in [3.63, 3.8) is 0 Å². The molecule has 1 amide bonds. The Morgan fingerprint density at radius 2 is 1.56 bits per heavy atom. The Labute approximate surface area is 216 Å². The number of rotatable bonds is 8. The van der Waals surface area contributed by atoms with Crippen molar-refractivity contribution in [2.24, 2.45) is 0 Å². The summed E-state index contributed by atoms with van der Waals surface area (Å²) in [4.78, 5) is 16.0. The average molecular weight is 498 g/mol. The molecule has 36 heavy (non-hydrogen) atoms. The zero-order chi connectivity index (χ0) is 24.7. The van der Waals surface area contributed by atoms with Crippen LogP contribution in [0, 0.1) is 6.92 Å². The smallest absolute Gasteiger partial charge is 0.242 e. The van der Waals surface area contributed by atoms with E-state index in [0.717, 1.165) is 48.0 Å². The van der Waals surface area contributed by atoms with Crippen LogP contribution in [-0.4, -0.2) is 38.7 Å². The predicted octanol–water partition coefficient (Wildman–Crippen LogP) is 6.03. The molecule has 0 bridgehead atoms. The number of benzene rings is 3. The van der Waals surface area contributed by atoms with Gasteiger partial charge in [-0.05, 0) is 62.7 Å². The van der Waals surface area contributed by atoms with E-state index in [9.17, 15) is 4.79 Å². The Hall–Kier alpha value is -3.42. The SMILES string of the molecule is Cc1ccc(NC(=O)C(Sc2nnc(CN3CCCCC3)n2-c2ccccc2)c2ccccc2)cc1. The van der Waals surface area contributed by atoms with Gasteiger partial charge in [0, 0.05) is 11.4 Å². The van der Waals surface area contributed by atoms with E-state index in [1.807, 2.05) is 79.7 Å². The number of amides is 1. The van der Waals surface area contributed by atoms with Crippen molar-refractivity contribution in [2.75, 3.05) is 18.4 Å². The van der Waals surface area contributed by atoms with E-state index in [-0.39, 0.29) is 5.91 Å². The minimum Gasteiger partial charge on any atom is -0.325 e. The number of para-hydroxylation sites is 1. The lowest BCUT2D eigenvalue weighted by Gasteiger charge is -2.26. The van der Waals surface area contributed by atoms with Crippen LogP contribution in [0.1, 0.15) is 41.5 Å². The van der Waals surface area contributed by atoms with E-state index >= 15 is 0 Å². The first-order valence-electron chi connectivity index (χ1n) is 12.5. The van der Waals surface area contributed by atoms with Gasteiger partial charge in [0.2, 0.25) is 5.91 Å². The van der Waals surface area contributed by atoms with E-state index in [2.05, 4.69) is 37.1 Å². The van der Waals surface area contributed by atoms with Gasteiger partial charge in [0.15, 0.2) is 11.0 Å². The van der Waals surface area contributed by atoms with Crippen molar-refractivity contribution in [3.05, 3.63) is 102 Å². The molecule has 0 spiro atoms. The van der Waals surface area contributed by atoms with E-state index in [4.69, 9.17) is 0 Å². The van der Waals surface area contributed by atoms with Gasteiger partial charge >= 0.3 is 0 Å². The minimum absolute atomic E-state index is 0.0877. The molecule has 0 aliphatic carbocycles. The highest BCUT2D eigenvalue weighted by molar-refractivity contribution is 8.00. The number of likely N-dealkylation sites (tertiary alicyclic amines) is 1. The molecule has 1 atom stereocenters. The third kappa shape index (κ3) is 5.86. The number of nitrogens with zero attached hydrogens (tertiary/aromatic N) is 4. The van der Waals surface area contributed by atoms with E-state index in [0.29, 0.717) is 5.16 Å². The highest BCUT2D eigenvalue weighted by Crippen LogP contribution is 2.37. The fraction of sp³-hybridized carbons (Fsp3) is 0.276. The van der Waals surface area contributed by atoms with Gasteiger partial charge < -0.3 is 5.32 Å². The molecule has 3 aromatic carbocycles. The maximum absolute atomic E-state index is 13.6. The van der Waals surface area contributed by atoms with Crippen LogP contribution in [0.15, 0.2) is 90.1 Å². The Bertz CT molecular complexity index is 1270. The van der Waals surface area contributed by atoms with Crippen LogP contribution >= 0.6 is 11.8 Å². The molecule has 1 unspecified atom stereocenters. The first kappa shape index (κ1) is 24.3. The topological polar surface area (TPSA) is 63.1 Å². The van der Waals surface area contributed by atoms with Crippen molar-refractivity contribution in [1.82, 2.24) is 19.7 Å². The normalized spacial score (nSPS) is 14.9. The molecule has 1 aromatic heterocycles. The zero-order valence-electron chi connectivity index (χ0n) is 20.5. The van der Waals surface area contributed by atoms with Crippen LogP contribution in [-0.2, 0) is 11.3 Å². The second kappa shape index (κ2) is 11.5. The lowest BCUT2D eigenvalue weighted by atomic mass is 10.1. The Morgan fingerprint density at radius 3 is 2.25 bits per heavy atom. The molecule has 0 saturated carbocycles. The van der Waals surface area contributed by atoms with Gasteiger partial charge in [0.25, 0.3) is 0 Å². The average Bonchev–Trinajstić information content (AvgIpc) is 3.32. The Morgan fingerprint density at radius 1 is 0.889 bits per heavy atom. The van der Waals surface area contributed by atoms with Gasteiger partial charge in [-0.3, -0.25) is 14.3 Å². The van der Waals surface area contributed by atoms with Gasteiger partial charge in [0.1, 0.15) is 5.25 Å². The van der Waals surface area contributed by atoms with Gasteiger partial charge in [-0.15, -0.1) is 10.2 Å². The summed E-state index contributed by atoms with van der Waals surface area (Å²) >= 11 is 1.44. The van der Waals surface area contributed by atoms with Gasteiger partial charge in [-0.1, -0.05) is 84.4 Å². The second-order valence-electron chi connectivity index (χ2n) is 9.17. The molecular formula is C29H31N5OS. The molecule has 6 nitrogen and oxygen atoms in total. The first-order chi connectivity index (χ1) is 17.7. The van der Waals surface area contributed by atoms with Crippen molar-refractivity contribution >= 4 is 23.4 Å². The number of hydrogen-bond acceptors (Lipinski definition) is 5. The summed E-state index contributed by atoms with van der Waals surface area (Å²) in [5.74, 6) is 0.812. The molecule has 1 aliphatic heterocycles. The van der Waals surface area contributed by atoms with Crippen LogP contribution in [0.4, 0.5) is 5.69 Å². The van der Waals surface area contributed by atoms with Crippen molar-refractivity contribution in [2.45, 2.75) is 43.1 Å². The lowest BCUT2D eigenvalue weighted by molar-refractivity contribution is -0.115. The summed E-state index contributed by atoms with van der Waals surface area (Å²) in [5, 5.41) is 12.5. The number of nitrogens with one attached hydrogen (secondary N) is 1. The molecule has 1 fully saturated rings. The molecule has 7 heteroatoms. The fourth-order valence-corrected chi connectivity index (χ4v) is 5.56. The summed E-state index contributed by atoms with van der Waals surface area (Å²) in [6.07, 6.45) is 3.73. The summed E-state index contributed by atoms with van der Waals surface area (Å²) in [6, 6.07) is 27.9. The van der Waals surface area contributed by atoms with Crippen molar-refractivity contribution in [3.8, 4) is 5.69 Å². The molecule has 184 valence electrons. The quantitative estimate of drug-likeness (QED) is 0.301. The van der Waals surface area contributed by atoms with Crippen LogP contribution < -0.4 is 5.32 Å². The maximum atomic E-state index is 13.6. The van der Waals surface area contributed by atoms with Crippen molar-refractivity contribution in [1.29, 1.82) is 0 Å². The third-order valence-electron chi connectivity index (χ3n) is 6.41. The molecule has 0 radical (unpaired) electrons. The monoisotopic (exact) mass is 497 g/mol. The van der Waals surface area contributed by atoms with Gasteiger partial charge in [-0.2, -0.15) is 0 Å². The van der Waals surface area contributed by atoms with Gasteiger partial charge in [-0.25, -0.2) is 0 Å². The van der Waals surface area contributed by atoms with Crippen LogP contribution in [0.2, 0.25) is 0 Å². The molecule has 1 aliphatic rings. The molecular weight excluding hydrogens is 466 g/mol. The van der Waals surface area contributed by atoms with Crippen LogP contribution in [0.5, 0.6) is 0 Å². The second-order valence-corrected chi connectivity index (χ2v) is 10.2. The first-order valence-corrected chi connectivity index (χ1v) is 13.4. The molecule has 1 N–H and O–H groups in total. The lowest BCUT2D eigenvalue weighted by Crippen LogP contribution is -2.30. The summed E-state index contributed by atoms with van der Waals surface area (Å²) in [5.41, 5.74) is 3.86. The zero-order valence-corrected chi connectivity index (χ0v) is 21.3. The standard InChI is InChI=1S/C29H31N5OS/c1-22-15-17-24(18-16-22)30-28(35)27(23-11-5-2-6-12-23)36-29-32-31-26(21-33-19-9-4-10-20-33)34(29)25-13-7-3-8-14-25/h2-3,5-8,11-18,27H,4,9-10,19-21H2,1H3,(H,30,35). The Balaban J connectivity index is 1.47. The Kier molecular flexibility index (Phi) is 7.79. The molecule has 5 rings (SSSR count). The highest BCUT2D eigenvalue weighted by atomic mass is 32.2. The molecule has 2 heterocycles. The van der Waals surface area contributed by atoms with Gasteiger partial charge in [0.05, 0.1) is 6.54 Å². The minimum atomic E-state index is -0.484. The number of thioether (sulfide) groups is 1. The fourth-order valence-electron chi connectivity index (χ4n) is 4.48. The summed E-state index contributed by atoms with van der Waals surface area (Å²) < 4.78 is 2.11. The highest BCUT2D eigenvalue weighted by Gasteiger charge is 2.27. The molecule has 1 saturated heterocycles. The van der Waals surface area contributed by atoms with E-state index in [1.165, 1.54) is 31.0 Å². The largest absolute Gasteiger partial charge is 0.325 e. The molecule has 4 aromatic rings. The number of aryl methyl sites for hydroxylation is 1. The third-order valence-corrected chi connectivity index (χ3v) is 7.61. The summed E-state index contributed by atoms with van der Waals surface area (Å²) in [6.45, 7) is 4.94. The number of aromatic nitrogens is 3. The van der Waals surface area contributed by atoms with Crippen LogP contribution in [0.25, 0.3) is 5.69 Å². The number of hydrogen-bond donors (Lipinski definition) is 1. The predicted molar refractivity (Wildman–Crippen MR) is 145 cm³/mol. The maximum Gasteiger partial charge on any atom is 0.242 e. The summed E-state index contributed by atoms with van der Waals surface area (Å²) in [7, 11) is 0. The number of carbonyl (C=O) groups excluding carboxylic acids is 1.